The lowest BCUT2D eigenvalue weighted by Gasteiger charge is -2.12. The molecule has 4 aromatic carbocycles. The Hall–Kier alpha value is -3.60. The molecule has 36 heavy (non-hydrogen) atoms. The van der Waals surface area contributed by atoms with E-state index in [2.05, 4.69) is 61.4 Å². The van der Waals surface area contributed by atoms with Gasteiger partial charge in [-0.05, 0) is 109 Å². The number of fused-ring (bicyclic) bond motifs is 1. The molecule has 0 aliphatic carbocycles. The molecule has 0 aliphatic rings. The Morgan fingerprint density at radius 3 is 2.31 bits per heavy atom. The molecule has 4 aromatic rings. The van der Waals surface area contributed by atoms with E-state index in [0.717, 1.165) is 10.9 Å². The van der Waals surface area contributed by atoms with Crippen molar-refractivity contribution in [1.82, 2.24) is 0 Å². The number of nitrogens with zero attached hydrogens (tertiary/aromatic N) is 1. The number of nitrogens with one attached hydrogen (secondary N) is 1. The van der Waals surface area contributed by atoms with Crippen molar-refractivity contribution < 1.29 is 14.3 Å². The van der Waals surface area contributed by atoms with Crippen LogP contribution in [-0.2, 0) is 11.4 Å². The van der Waals surface area contributed by atoms with Crippen LogP contribution >= 0.6 is 31.9 Å². The molecule has 4 rings (SSSR count). The number of halogens is 2. The lowest BCUT2D eigenvalue weighted by atomic mass is 10.1. The lowest BCUT2D eigenvalue weighted by molar-refractivity contribution is -0.112. The topological polar surface area (TPSA) is 71.3 Å². The first-order valence-corrected chi connectivity index (χ1v) is 12.8. The van der Waals surface area contributed by atoms with E-state index in [0.29, 0.717) is 44.9 Å². The summed E-state index contributed by atoms with van der Waals surface area (Å²) in [6.07, 6.45) is 1.53. The van der Waals surface area contributed by atoms with Crippen LogP contribution in [0.2, 0.25) is 0 Å². The van der Waals surface area contributed by atoms with Gasteiger partial charge in [0, 0.05) is 5.69 Å². The molecule has 1 amide bonds. The second kappa shape index (κ2) is 11.9. The summed E-state index contributed by atoms with van der Waals surface area (Å²) in [5.74, 6) is 0.854. The average molecular weight is 606 g/mol. The maximum Gasteiger partial charge on any atom is 0.266 e. The highest BCUT2D eigenvalue weighted by atomic mass is 79.9. The molecule has 0 unspecified atom stereocenters. The van der Waals surface area contributed by atoms with Crippen LogP contribution in [-0.4, -0.2) is 12.5 Å². The fourth-order valence-corrected chi connectivity index (χ4v) is 5.05. The number of hydrogen-bond donors (Lipinski definition) is 1. The third-order valence-corrected chi connectivity index (χ3v) is 6.50. The highest BCUT2D eigenvalue weighted by Crippen LogP contribution is 2.36. The second-order valence-electron chi connectivity index (χ2n) is 7.87. The second-order valence-corrected chi connectivity index (χ2v) is 9.57. The Balaban J connectivity index is 1.47. The van der Waals surface area contributed by atoms with E-state index in [9.17, 15) is 10.1 Å². The third kappa shape index (κ3) is 6.34. The van der Waals surface area contributed by atoms with E-state index in [1.165, 1.54) is 11.5 Å². The zero-order chi connectivity index (χ0) is 25.5. The molecule has 0 saturated heterocycles. The van der Waals surface area contributed by atoms with Crippen LogP contribution in [0.5, 0.6) is 11.5 Å². The SMILES string of the molecule is CCOc1ccc(NC(=O)/C(C#N)=C\c2cc(Br)c(OCc3ccc4ccccc4c3)c(Br)c2)cc1. The zero-order valence-corrected chi connectivity index (χ0v) is 22.6. The van der Waals surface area contributed by atoms with Crippen molar-refractivity contribution in [2.24, 2.45) is 0 Å². The lowest BCUT2D eigenvalue weighted by Crippen LogP contribution is -2.13. The summed E-state index contributed by atoms with van der Waals surface area (Å²) in [4.78, 5) is 12.7. The first kappa shape index (κ1) is 25.5. The normalized spacial score (nSPS) is 11.1. The molecule has 0 aliphatic heterocycles. The van der Waals surface area contributed by atoms with Gasteiger partial charge in [0.1, 0.15) is 29.7 Å². The summed E-state index contributed by atoms with van der Waals surface area (Å²) in [6, 6.07) is 27.0. The van der Waals surface area contributed by atoms with E-state index in [1.54, 1.807) is 24.3 Å². The number of nitriles is 1. The van der Waals surface area contributed by atoms with E-state index in [4.69, 9.17) is 9.47 Å². The predicted octanol–water partition coefficient (Wildman–Crippen LogP) is 7.89. The molecule has 1 N–H and O–H groups in total. The van der Waals surface area contributed by atoms with E-state index < -0.39 is 5.91 Å². The highest BCUT2D eigenvalue weighted by Gasteiger charge is 2.13. The molecule has 0 aromatic heterocycles. The fourth-order valence-electron chi connectivity index (χ4n) is 3.60. The van der Waals surface area contributed by atoms with Crippen molar-refractivity contribution in [2.45, 2.75) is 13.5 Å². The maximum absolute atomic E-state index is 12.7. The Bertz CT molecular complexity index is 1450. The number of benzene rings is 4. The Kier molecular flexibility index (Phi) is 8.42. The molecule has 0 spiro atoms. The monoisotopic (exact) mass is 604 g/mol. The van der Waals surface area contributed by atoms with Gasteiger partial charge in [0.05, 0.1) is 15.6 Å². The minimum absolute atomic E-state index is 0.0208. The molecular formula is C29H22Br2N2O3. The Morgan fingerprint density at radius 1 is 0.944 bits per heavy atom. The highest BCUT2D eigenvalue weighted by molar-refractivity contribution is 9.11. The van der Waals surface area contributed by atoms with Gasteiger partial charge in [-0.2, -0.15) is 5.26 Å². The van der Waals surface area contributed by atoms with Crippen LogP contribution in [0.3, 0.4) is 0 Å². The van der Waals surface area contributed by atoms with Gasteiger partial charge < -0.3 is 14.8 Å². The van der Waals surface area contributed by atoms with Crippen LogP contribution in [0.15, 0.2) is 93.4 Å². The summed E-state index contributed by atoms with van der Waals surface area (Å²) in [5, 5.41) is 14.7. The van der Waals surface area contributed by atoms with Crippen molar-refractivity contribution in [1.29, 1.82) is 5.26 Å². The van der Waals surface area contributed by atoms with Crippen LogP contribution < -0.4 is 14.8 Å². The number of amides is 1. The summed E-state index contributed by atoms with van der Waals surface area (Å²) >= 11 is 7.11. The summed E-state index contributed by atoms with van der Waals surface area (Å²) in [5.41, 5.74) is 2.27. The number of carbonyl (C=O) groups excluding carboxylic acids is 1. The van der Waals surface area contributed by atoms with Crippen molar-refractivity contribution in [3.05, 3.63) is 105 Å². The number of carbonyl (C=O) groups is 1. The zero-order valence-electron chi connectivity index (χ0n) is 19.4. The molecule has 0 saturated carbocycles. The van der Waals surface area contributed by atoms with Crippen molar-refractivity contribution in [3.63, 3.8) is 0 Å². The van der Waals surface area contributed by atoms with Gasteiger partial charge in [-0.3, -0.25) is 4.79 Å². The van der Waals surface area contributed by atoms with Gasteiger partial charge in [-0.15, -0.1) is 0 Å². The van der Waals surface area contributed by atoms with Gasteiger partial charge in [-0.1, -0.05) is 36.4 Å². The van der Waals surface area contributed by atoms with Gasteiger partial charge in [0.25, 0.3) is 5.91 Å². The molecule has 0 radical (unpaired) electrons. The first-order valence-electron chi connectivity index (χ1n) is 11.2. The summed E-state index contributed by atoms with van der Waals surface area (Å²) in [6.45, 7) is 2.86. The molecule has 180 valence electrons. The largest absolute Gasteiger partial charge is 0.494 e. The maximum atomic E-state index is 12.7. The average Bonchev–Trinajstić information content (AvgIpc) is 2.88. The Morgan fingerprint density at radius 2 is 1.64 bits per heavy atom. The van der Waals surface area contributed by atoms with Crippen molar-refractivity contribution >= 4 is 60.3 Å². The molecule has 5 nitrogen and oxygen atoms in total. The van der Waals surface area contributed by atoms with Crippen molar-refractivity contribution in [3.8, 4) is 17.6 Å². The predicted molar refractivity (Wildman–Crippen MR) is 150 cm³/mol. The van der Waals surface area contributed by atoms with Crippen LogP contribution in [0, 0.1) is 11.3 Å². The molecule has 0 bridgehead atoms. The molecule has 0 fully saturated rings. The molecule has 0 heterocycles. The third-order valence-electron chi connectivity index (χ3n) is 5.32. The smallest absolute Gasteiger partial charge is 0.266 e. The molecular weight excluding hydrogens is 584 g/mol. The first-order chi connectivity index (χ1) is 17.5. The van der Waals surface area contributed by atoms with Gasteiger partial charge in [0.2, 0.25) is 0 Å². The minimum Gasteiger partial charge on any atom is -0.494 e. The number of rotatable bonds is 8. The number of hydrogen-bond acceptors (Lipinski definition) is 4. The fraction of sp³-hybridized carbons (Fsp3) is 0.103. The summed E-state index contributed by atoms with van der Waals surface area (Å²) < 4.78 is 12.9. The molecule has 7 heteroatoms. The van der Waals surface area contributed by atoms with Gasteiger partial charge in [-0.25, -0.2) is 0 Å². The van der Waals surface area contributed by atoms with Gasteiger partial charge in [0.15, 0.2) is 0 Å². The van der Waals surface area contributed by atoms with E-state index in [1.807, 2.05) is 43.3 Å². The van der Waals surface area contributed by atoms with E-state index in [-0.39, 0.29) is 5.57 Å². The molecule has 0 atom stereocenters. The van der Waals surface area contributed by atoms with Gasteiger partial charge >= 0.3 is 0 Å². The van der Waals surface area contributed by atoms with Crippen molar-refractivity contribution in [2.75, 3.05) is 11.9 Å². The number of ether oxygens (including phenoxy) is 2. The number of anilines is 1. The van der Waals surface area contributed by atoms with Crippen LogP contribution in [0.25, 0.3) is 16.8 Å². The van der Waals surface area contributed by atoms with Crippen LogP contribution in [0.4, 0.5) is 5.69 Å². The summed E-state index contributed by atoms with van der Waals surface area (Å²) in [7, 11) is 0. The van der Waals surface area contributed by atoms with E-state index >= 15 is 0 Å². The quantitative estimate of drug-likeness (QED) is 0.164. The Labute approximate surface area is 226 Å². The van der Waals surface area contributed by atoms with Crippen LogP contribution in [0.1, 0.15) is 18.1 Å². The minimum atomic E-state index is -0.495. The standard InChI is InChI=1S/C29H22Br2N2O3/c1-2-35-25-11-9-24(10-12-25)33-29(34)23(17-32)14-20-15-26(30)28(27(31)16-20)36-18-19-7-8-21-5-3-4-6-22(21)13-19/h3-16H,2,18H2,1H3,(H,33,34)/b23-14-.